The third-order valence-electron chi connectivity index (χ3n) is 4.42. The van der Waals surface area contributed by atoms with Gasteiger partial charge in [-0.2, -0.15) is 0 Å². The third-order valence-corrected chi connectivity index (χ3v) is 4.42. The maximum atomic E-state index is 13.9. The number of nitrogens with zero attached hydrogens (tertiary/aromatic N) is 2. The molecule has 0 bridgehead atoms. The van der Waals surface area contributed by atoms with E-state index in [1.54, 1.807) is 4.90 Å². The standard InChI is InChI=1S/C19H18F2N2O2/c1-13(24)23-10-9-22(12-18(23)14-5-3-2-4-6-14)19(25)16-11-15(20)7-8-17(16)21/h2-8,11,18H,9-10,12H2,1H3/t18-/m1/s1. The first-order valence-corrected chi connectivity index (χ1v) is 8.04. The summed E-state index contributed by atoms with van der Waals surface area (Å²) in [4.78, 5) is 27.7. The first-order chi connectivity index (χ1) is 12.0. The molecule has 1 atom stereocenters. The number of halogens is 2. The van der Waals surface area contributed by atoms with Crippen LogP contribution >= 0.6 is 0 Å². The smallest absolute Gasteiger partial charge is 0.257 e. The SMILES string of the molecule is CC(=O)N1CCN(C(=O)c2cc(F)ccc2F)C[C@@H]1c1ccccc1. The monoisotopic (exact) mass is 344 g/mol. The quantitative estimate of drug-likeness (QED) is 0.840. The summed E-state index contributed by atoms with van der Waals surface area (Å²) in [6, 6.07) is 11.9. The van der Waals surface area contributed by atoms with E-state index in [9.17, 15) is 18.4 Å². The van der Waals surface area contributed by atoms with Crippen LogP contribution in [-0.4, -0.2) is 41.2 Å². The van der Waals surface area contributed by atoms with Gasteiger partial charge in [0.1, 0.15) is 11.6 Å². The molecule has 6 heteroatoms. The van der Waals surface area contributed by atoms with Gasteiger partial charge in [-0.05, 0) is 23.8 Å². The van der Waals surface area contributed by atoms with Crippen molar-refractivity contribution in [1.29, 1.82) is 0 Å². The Bertz CT molecular complexity index is 795. The van der Waals surface area contributed by atoms with Crippen LogP contribution in [0.4, 0.5) is 8.78 Å². The lowest BCUT2D eigenvalue weighted by molar-refractivity contribution is -0.133. The maximum absolute atomic E-state index is 13.9. The van der Waals surface area contributed by atoms with Crippen molar-refractivity contribution in [3.63, 3.8) is 0 Å². The van der Waals surface area contributed by atoms with Crippen LogP contribution in [0.2, 0.25) is 0 Å². The van der Waals surface area contributed by atoms with E-state index in [-0.39, 0.29) is 30.6 Å². The number of rotatable bonds is 2. The molecular formula is C19H18F2N2O2. The summed E-state index contributed by atoms with van der Waals surface area (Å²) >= 11 is 0. The van der Waals surface area contributed by atoms with Crippen LogP contribution in [0.25, 0.3) is 0 Å². The van der Waals surface area contributed by atoms with Crippen molar-refractivity contribution < 1.29 is 18.4 Å². The van der Waals surface area contributed by atoms with Crippen LogP contribution < -0.4 is 0 Å². The predicted molar refractivity (Wildman–Crippen MR) is 88.8 cm³/mol. The summed E-state index contributed by atoms with van der Waals surface area (Å²) in [6.07, 6.45) is 0. The Morgan fingerprint density at radius 2 is 1.76 bits per heavy atom. The molecule has 0 N–H and O–H groups in total. The summed E-state index contributed by atoms with van der Waals surface area (Å²) in [5.74, 6) is -2.07. The Kier molecular flexibility index (Phi) is 4.79. The molecule has 0 unspecified atom stereocenters. The maximum Gasteiger partial charge on any atom is 0.257 e. The average molecular weight is 344 g/mol. The van der Waals surface area contributed by atoms with Crippen LogP contribution in [0, 0.1) is 11.6 Å². The van der Waals surface area contributed by atoms with E-state index >= 15 is 0 Å². The van der Waals surface area contributed by atoms with Gasteiger partial charge in [0.15, 0.2) is 0 Å². The second-order valence-electron chi connectivity index (χ2n) is 6.01. The third kappa shape index (κ3) is 3.52. The van der Waals surface area contributed by atoms with E-state index in [0.717, 1.165) is 23.8 Å². The molecule has 0 aromatic heterocycles. The van der Waals surface area contributed by atoms with Gasteiger partial charge >= 0.3 is 0 Å². The molecule has 2 aromatic carbocycles. The van der Waals surface area contributed by atoms with Gasteiger partial charge in [-0.15, -0.1) is 0 Å². The van der Waals surface area contributed by atoms with Gasteiger partial charge in [0.05, 0.1) is 11.6 Å². The lowest BCUT2D eigenvalue weighted by atomic mass is 10.0. The van der Waals surface area contributed by atoms with Crippen molar-refractivity contribution in [3.05, 3.63) is 71.3 Å². The van der Waals surface area contributed by atoms with Gasteiger partial charge in [0.25, 0.3) is 5.91 Å². The molecule has 2 aromatic rings. The summed E-state index contributed by atoms with van der Waals surface area (Å²) in [6.45, 7) is 2.34. The first kappa shape index (κ1) is 17.1. The van der Waals surface area contributed by atoms with Gasteiger partial charge < -0.3 is 9.80 Å². The zero-order valence-corrected chi connectivity index (χ0v) is 13.8. The molecule has 2 amide bonds. The molecule has 1 aliphatic rings. The number of amides is 2. The van der Waals surface area contributed by atoms with E-state index in [4.69, 9.17) is 0 Å². The molecule has 130 valence electrons. The minimum absolute atomic E-state index is 0.0853. The highest BCUT2D eigenvalue weighted by molar-refractivity contribution is 5.94. The lowest BCUT2D eigenvalue weighted by Crippen LogP contribution is -2.52. The molecule has 1 aliphatic heterocycles. The van der Waals surface area contributed by atoms with Crippen molar-refractivity contribution in [2.24, 2.45) is 0 Å². The van der Waals surface area contributed by atoms with Gasteiger partial charge in [0, 0.05) is 26.6 Å². The Labute approximate surface area is 144 Å². The molecule has 1 fully saturated rings. The Morgan fingerprint density at radius 1 is 1.04 bits per heavy atom. The van der Waals surface area contributed by atoms with Crippen molar-refractivity contribution >= 4 is 11.8 Å². The molecule has 25 heavy (non-hydrogen) atoms. The number of hydrogen-bond donors (Lipinski definition) is 0. The van der Waals surface area contributed by atoms with Gasteiger partial charge in [0.2, 0.25) is 5.91 Å². The summed E-state index contributed by atoms with van der Waals surface area (Å²) in [7, 11) is 0. The van der Waals surface area contributed by atoms with Gasteiger partial charge in [-0.3, -0.25) is 9.59 Å². The van der Waals surface area contributed by atoms with Crippen LogP contribution in [0.5, 0.6) is 0 Å². The molecular weight excluding hydrogens is 326 g/mol. The van der Waals surface area contributed by atoms with Crippen LogP contribution in [0.15, 0.2) is 48.5 Å². The normalized spacial score (nSPS) is 17.5. The summed E-state index contributed by atoms with van der Waals surface area (Å²) in [5.41, 5.74) is 0.609. The number of carbonyl (C=O) groups excluding carboxylic acids is 2. The highest BCUT2D eigenvalue weighted by Crippen LogP contribution is 2.27. The molecule has 4 nitrogen and oxygen atoms in total. The number of hydrogen-bond acceptors (Lipinski definition) is 2. The van der Waals surface area contributed by atoms with Crippen LogP contribution in [0.1, 0.15) is 28.9 Å². The Hall–Kier alpha value is -2.76. The molecule has 0 spiro atoms. The zero-order chi connectivity index (χ0) is 18.0. The zero-order valence-electron chi connectivity index (χ0n) is 13.8. The van der Waals surface area contributed by atoms with E-state index < -0.39 is 17.5 Å². The number of piperazine rings is 1. The first-order valence-electron chi connectivity index (χ1n) is 8.04. The molecule has 1 saturated heterocycles. The second kappa shape index (κ2) is 7.01. The van der Waals surface area contributed by atoms with Gasteiger partial charge in [-0.25, -0.2) is 8.78 Å². The fourth-order valence-electron chi connectivity index (χ4n) is 3.14. The van der Waals surface area contributed by atoms with Crippen molar-refractivity contribution in [2.45, 2.75) is 13.0 Å². The van der Waals surface area contributed by atoms with E-state index in [1.807, 2.05) is 30.3 Å². The fraction of sp³-hybridized carbons (Fsp3) is 0.263. The van der Waals surface area contributed by atoms with Crippen molar-refractivity contribution in [1.82, 2.24) is 9.80 Å². The Morgan fingerprint density at radius 3 is 2.44 bits per heavy atom. The predicted octanol–water partition coefficient (Wildman–Crippen LogP) is 3.01. The van der Waals surface area contributed by atoms with Crippen LogP contribution in [0.3, 0.4) is 0 Å². The highest BCUT2D eigenvalue weighted by Gasteiger charge is 2.33. The minimum atomic E-state index is -0.753. The molecule has 0 radical (unpaired) electrons. The topological polar surface area (TPSA) is 40.6 Å². The molecule has 3 rings (SSSR count). The summed E-state index contributed by atoms with van der Waals surface area (Å²) in [5, 5.41) is 0. The molecule has 0 saturated carbocycles. The highest BCUT2D eigenvalue weighted by atomic mass is 19.1. The molecule has 0 aliphatic carbocycles. The average Bonchev–Trinajstić information content (AvgIpc) is 2.63. The second-order valence-corrected chi connectivity index (χ2v) is 6.01. The minimum Gasteiger partial charge on any atom is -0.334 e. The van der Waals surface area contributed by atoms with E-state index in [2.05, 4.69) is 0 Å². The largest absolute Gasteiger partial charge is 0.334 e. The lowest BCUT2D eigenvalue weighted by Gasteiger charge is -2.41. The van der Waals surface area contributed by atoms with Crippen molar-refractivity contribution in [3.8, 4) is 0 Å². The Balaban J connectivity index is 1.88. The van der Waals surface area contributed by atoms with E-state index in [1.165, 1.54) is 11.8 Å². The van der Waals surface area contributed by atoms with Crippen molar-refractivity contribution in [2.75, 3.05) is 19.6 Å². The van der Waals surface area contributed by atoms with Gasteiger partial charge in [-0.1, -0.05) is 30.3 Å². The number of benzene rings is 2. The van der Waals surface area contributed by atoms with Crippen LogP contribution in [-0.2, 0) is 4.79 Å². The number of carbonyl (C=O) groups is 2. The molecule has 1 heterocycles. The fourth-order valence-corrected chi connectivity index (χ4v) is 3.14. The summed E-state index contributed by atoms with van der Waals surface area (Å²) < 4.78 is 27.3. The van der Waals surface area contributed by atoms with E-state index in [0.29, 0.717) is 6.54 Å².